The van der Waals surface area contributed by atoms with E-state index in [0.29, 0.717) is 28.2 Å². The fourth-order valence-electron chi connectivity index (χ4n) is 2.24. The van der Waals surface area contributed by atoms with E-state index in [1.807, 2.05) is 0 Å². The Hall–Kier alpha value is -2.54. The summed E-state index contributed by atoms with van der Waals surface area (Å²) in [6.45, 7) is 3.53. The van der Waals surface area contributed by atoms with Gasteiger partial charge in [0.2, 0.25) is 0 Å². The van der Waals surface area contributed by atoms with E-state index < -0.39 is 11.4 Å². The largest absolute Gasteiger partial charge is 0.384 e. The Morgan fingerprint density at radius 2 is 2.18 bits per heavy atom. The molecule has 1 aromatic carbocycles. The van der Waals surface area contributed by atoms with Crippen molar-refractivity contribution in [1.82, 2.24) is 15.1 Å². The van der Waals surface area contributed by atoms with E-state index >= 15 is 0 Å². The van der Waals surface area contributed by atoms with Gasteiger partial charge in [-0.25, -0.2) is 9.37 Å². The second-order valence-electron chi connectivity index (χ2n) is 5.31. The molecular formula is C15H15FN4O2. The standard InChI is InChI=1S/C15H15FN4O2/c1-9-12-13(18-8-19-14(12)22-20-9)17-7-15(2,21)10-4-3-5-11(16)6-10/h3-6,8,21H,7H2,1-2H3,(H,17,18,19)/t15-/m0/s1. The molecule has 0 aliphatic heterocycles. The van der Waals surface area contributed by atoms with E-state index in [-0.39, 0.29) is 6.54 Å². The van der Waals surface area contributed by atoms with Crippen molar-refractivity contribution in [3.05, 3.63) is 47.7 Å². The third kappa shape index (κ3) is 2.62. The number of anilines is 1. The Bertz CT molecular complexity index is 816. The van der Waals surface area contributed by atoms with Crippen LogP contribution in [0, 0.1) is 12.7 Å². The highest BCUT2D eigenvalue weighted by molar-refractivity contribution is 5.87. The summed E-state index contributed by atoms with van der Waals surface area (Å²) in [5.41, 5.74) is 0.251. The summed E-state index contributed by atoms with van der Waals surface area (Å²) in [4.78, 5) is 8.13. The molecule has 3 rings (SSSR count). The first-order valence-corrected chi connectivity index (χ1v) is 6.76. The third-order valence-electron chi connectivity index (χ3n) is 3.49. The van der Waals surface area contributed by atoms with Crippen molar-refractivity contribution in [2.24, 2.45) is 0 Å². The molecule has 0 spiro atoms. The number of halogens is 1. The molecular weight excluding hydrogens is 287 g/mol. The molecule has 0 radical (unpaired) electrons. The third-order valence-corrected chi connectivity index (χ3v) is 3.49. The molecule has 0 saturated carbocycles. The Labute approximate surface area is 126 Å². The molecule has 0 saturated heterocycles. The van der Waals surface area contributed by atoms with Crippen LogP contribution in [0.3, 0.4) is 0 Å². The van der Waals surface area contributed by atoms with Crippen LogP contribution in [-0.4, -0.2) is 26.8 Å². The van der Waals surface area contributed by atoms with Gasteiger partial charge < -0.3 is 14.9 Å². The highest BCUT2D eigenvalue weighted by Gasteiger charge is 2.24. The second kappa shape index (κ2) is 5.34. The number of nitrogens with one attached hydrogen (secondary N) is 1. The predicted octanol–water partition coefficient (Wildman–Crippen LogP) is 2.38. The fourth-order valence-corrected chi connectivity index (χ4v) is 2.24. The first-order chi connectivity index (χ1) is 10.5. The van der Waals surface area contributed by atoms with Crippen LogP contribution < -0.4 is 5.32 Å². The molecule has 6 nitrogen and oxygen atoms in total. The number of benzene rings is 1. The van der Waals surface area contributed by atoms with Gasteiger partial charge in [0.05, 0.1) is 5.69 Å². The van der Waals surface area contributed by atoms with Crippen LogP contribution in [0.25, 0.3) is 11.1 Å². The molecule has 0 fully saturated rings. The van der Waals surface area contributed by atoms with E-state index in [2.05, 4.69) is 20.4 Å². The Balaban J connectivity index is 1.85. The number of hydrogen-bond donors (Lipinski definition) is 2. The number of aryl methyl sites for hydroxylation is 1. The minimum atomic E-state index is -1.26. The molecule has 0 aliphatic carbocycles. The van der Waals surface area contributed by atoms with Gasteiger partial charge in [-0.15, -0.1) is 0 Å². The normalized spacial score (nSPS) is 14.0. The number of fused-ring (bicyclic) bond motifs is 1. The molecule has 2 heterocycles. The van der Waals surface area contributed by atoms with Gasteiger partial charge in [-0.2, -0.15) is 4.98 Å². The van der Waals surface area contributed by atoms with Gasteiger partial charge in [-0.3, -0.25) is 0 Å². The molecule has 2 N–H and O–H groups in total. The van der Waals surface area contributed by atoms with E-state index in [1.165, 1.54) is 18.5 Å². The van der Waals surface area contributed by atoms with Gasteiger partial charge in [-0.05, 0) is 31.5 Å². The lowest BCUT2D eigenvalue weighted by atomic mass is 9.96. The average Bonchev–Trinajstić information content (AvgIpc) is 2.87. The first-order valence-electron chi connectivity index (χ1n) is 6.76. The lowest BCUT2D eigenvalue weighted by molar-refractivity contribution is 0.0711. The van der Waals surface area contributed by atoms with Crippen LogP contribution in [0.2, 0.25) is 0 Å². The summed E-state index contributed by atoms with van der Waals surface area (Å²) in [7, 11) is 0. The zero-order valence-electron chi connectivity index (χ0n) is 12.2. The van der Waals surface area contributed by atoms with E-state index in [1.54, 1.807) is 26.0 Å². The summed E-state index contributed by atoms with van der Waals surface area (Å²) >= 11 is 0. The molecule has 22 heavy (non-hydrogen) atoms. The molecule has 1 atom stereocenters. The molecule has 114 valence electrons. The maximum atomic E-state index is 13.3. The SMILES string of the molecule is Cc1noc2ncnc(NC[C@](C)(O)c3cccc(F)c3)c12. The van der Waals surface area contributed by atoms with E-state index in [0.717, 1.165) is 0 Å². The maximum Gasteiger partial charge on any atom is 0.263 e. The van der Waals surface area contributed by atoms with Crippen molar-refractivity contribution in [2.75, 3.05) is 11.9 Å². The minimum absolute atomic E-state index is 0.146. The number of hydrogen-bond acceptors (Lipinski definition) is 6. The summed E-state index contributed by atoms with van der Waals surface area (Å²) < 4.78 is 18.4. The van der Waals surface area contributed by atoms with E-state index in [4.69, 9.17) is 4.52 Å². The molecule has 0 bridgehead atoms. The van der Waals surface area contributed by atoms with Gasteiger partial charge >= 0.3 is 0 Å². The Kier molecular flexibility index (Phi) is 3.50. The quantitative estimate of drug-likeness (QED) is 0.770. The molecule has 0 amide bonds. The number of nitrogens with zero attached hydrogens (tertiary/aromatic N) is 3. The number of aromatic nitrogens is 3. The van der Waals surface area contributed by atoms with E-state index in [9.17, 15) is 9.50 Å². The lowest BCUT2D eigenvalue weighted by Crippen LogP contribution is -2.31. The predicted molar refractivity (Wildman–Crippen MR) is 78.8 cm³/mol. The number of rotatable bonds is 4. The topological polar surface area (TPSA) is 84.1 Å². The summed E-state index contributed by atoms with van der Waals surface area (Å²) in [5, 5.41) is 18.1. The molecule has 2 aromatic heterocycles. The van der Waals surface area contributed by atoms with Gasteiger partial charge in [0.1, 0.15) is 28.9 Å². The summed E-state index contributed by atoms with van der Waals surface area (Å²) in [5.74, 6) is 0.123. The highest BCUT2D eigenvalue weighted by atomic mass is 19.1. The van der Waals surface area contributed by atoms with Gasteiger partial charge in [-0.1, -0.05) is 17.3 Å². The van der Waals surface area contributed by atoms with Gasteiger partial charge in [0.25, 0.3) is 5.71 Å². The van der Waals surface area contributed by atoms with Crippen LogP contribution in [0.4, 0.5) is 10.2 Å². The highest BCUT2D eigenvalue weighted by Crippen LogP contribution is 2.25. The van der Waals surface area contributed by atoms with Crippen LogP contribution in [0.5, 0.6) is 0 Å². The van der Waals surface area contributed by atoms with Crippen LogP contribution >= 0.6 is 0 Å². The van der Waals surface area contributed by atoms with Crippen molar-refractivity contribution >= 4 is 16.9 Å². The van der Waals surface area contributed by atoms with Gasteiger partial charge in [0.15, 0.2) is 0 Å². The smallest absolute Gasteiger partial charge is 0.263 e. The zero-order valence-corrected chi connectivity index (χ0v) is 12.2. The molecule has 0 unspecified atom stereocenters. The van der Waals surface area contributed by atoms with Crippen molar-refractivity contribution in [1.29, 1.82) is 0 Å². The fraction of sp³-hybridized carbons (Fsp3) is 0.267. The molecule has 0 aliphatic rings. The first kappa shape index (κ1) is 14.4. The van der Waals surface area contributed by atoms with Crippen LogP contribution in [0.15, 0.2) is 35.1 Å². The van der Waals surface area contributed by atoms with Crippen molar-refractivity contribution < 1.29 is 14.0 Å². The average molecular weight is 302 g/mol. The molecule has 3 aromatic rings. The Morgan fingerprint density at radius 1 is 1.36 bits per heavy atom. The Morgan fingerprint density at radius 3 is 2.95 bits per heavy atom. The zero-order chi connectivity index (χ0) is 15.7. The number of aliphatic hydroxyl groups is 1. The molecule has 7 heteroatoms. The maximum absolute atomic E-state index is 13.3. The van der Waals surface area contributed by atoms with Crippen molar-refractivity contribution in [2.45, 2.75) is 19.4 Å². The second-order valence-corrected chi connectivity index (χ2v) is 5.31. The summed E-state index contributed by atoms with van der Waals surface area (Å²) in [6, 6.07) is 5.88. The minimum Gasteiger partial charge on any atom is -0.384 e. The van der Waals surface area contributed by atoms with Crippen molar-refractivity contribution in [3.8, 4) is 0 Å². The van der Waals surface area contributed by atoms with Gasteiger partial charge in [0, 0.05) is 6.54 Å². The monoisotopic (exact) mass is 302 g/mol. The van der Waals surface area contributed by atoms with Crippen LogP contribution in [-0.2, 0) is 5.60 Å². The van der Waals surface area contributed by atoms with Crippen LogP contribution in [0.1, 0.15) is 18.2 Å². The summed E-state index contributed by atoms with van der Waals surface area (Å²) in [6.07, 6.45) is 1.35. The lowest BCUT2D eigenvalue weighted by Gasteiger charge is -2.24. The van der Waals surface area contributed by atoms with Crippen molar-refractivity contribution in [3.63, 3.8) is 0 Å².